The van der Waals surface area contributed by atoms with E-state index in [0.717, 1.165) is 28.5 Å². The van der Waals surface area contributed by atoms with E-state index in [-0.39, 0.29) is 17.2 Å². The number of hydrogen-bond acceptors (Lipinski definition) is 6. The number of thioether (sulfide) groups is 1. The summed E-state index contributed by atoms with van der Waals surface area (Å²) in [5.74, 6) is 0.820. The van der Waals surface area contributed by atoms with E-state index in [1.807, 2.05) is 25.1 Å². The monoisotopic (exact) mass is 468 g/mol. The molecule has 1 N–H and O–H groups in total. The van der Waals surface area contributed by atoms with Crippen LogP contribution in [0.25, 0.3) is 17.0 Å². The van der Waals surface area contributed by atoms with Gasteiger partial charge in [0.1, 0.15) is 5.75 Å². The molecule has 0 fully saturated rings. The molecule has 4 rings (SSSR count). The quantitative estimate of drug-likeness (QED) is 0.247. The molecule has 0 saturated heterocycles. The lowest BCUT2D eigenvalue weighted by Crippen LogP contribution is -2.14. The summed E-state index contributed by atoms with van der Waals surface area (Å²) < 4.78 is 7.12. The molecule has 0 aliphatic rings. The topological polar surface area (TPSA) is 89.3 Å². The van der Waals surface area contributed by atoms with Crippen LogP contribution in [0.5, 0.6) is 5.75 Å². The van der Waals surface area contributed by atoms with Gasteiger partial charge in [0.2, 0.25) is 0 Å². The zero-order chi connectivity index (χ0) is 22.8. The summed E-state index contributed by atoms with van der Waals surface area (Å²) in [5, 5.41) is 3.68. The first-order chi connectivity index (χ1) is 15.3. The number of rotatable bonds is 6. The highest BCUT2D eigenvalue weighted by atomic mass is 35.5. The van der Waals surface area contributed by atoms with Crippen LogP contribution in [0.1, 0.15) is 30.9 Å². The van der Waals surface area contributed by atoms with Crippen molar-refractivity contribution in [2.45, 2.75) is 31.8 Å². The van der Waals surface area contributed by atoms with Crippen LogP contribution in [0.4, 0.5) is 0 Å². The van der Waals surface area contributed by atoms with Crippen LogP contribution in [0.3, 0.4) is 0 Å². The van der Waals surface area contributed by atoms with E-state index in [1.54, 1.807) is 24.3 Å². The van der Waals surface area contributed by atoms with Crippen LogP contribution in [0, 0.1) is 6.92 Å². The highest BCUT2D eigenvalue weighted by Gasteiger charge is 2.16. The summed E-state index contributed by atoms with van der Waals surface area (Å²) in [6, 6.07) is 14.3. The zero-order valence-electron chi connectivity index (χ0n) is 17.8. The third-order valence-electron chi connectivity index (χ3n) is 4.76. The fourth-order valence-corrected chi connectivity index (χ4v) is 4.04. The number of carbonyl (C=O) groups is 1. The maximum absolute atomic E-state index is 12.6. The van der Waals surface area contributed by atoms with Gasteiger partial charge in [0, 0.05) is 16.7 Å². The lowest BCUT2D eigenvalue weighted by molar-refractivity contribution is -0.131. The van der Waals surface area contributed by atoms with Crippen molar-refractivity contribution in [3.05, 3.63) is 75.0 Å². The predicted octanol–water partition coefficient (Wildman–Crippen LogP) is 4.87. The summed E-state index contributed by atoms with van der Waals surface area (Å²) in [6.07, 6.45) is 0. The van der Waals surface area contributed by atoms with Gasteiger partial charge in [0.15, 0.2) is 16.6 Å². The second-order valence-corrected chi connectivity index (χ2v) is 8.99. The number of benzene rings is 2. The Labute approximate surface area is 193 Å². The summed E-state index contributed by atoms with van der Waals surface area (Å²) in [4.78, 5) is 33.5. The molecule has 0 aliphatic heterocycles. The molecule has 7 nitrogen and oxygen atoms in total. The van der Waals surface area contributed by atoms with Crippen LogP contribution in [-0.4, -0.2) is 31.3 Å². The Morgan fingerprint density at radius 1 is 1.16 bits per heavy atom. The number of aromatic nitrogens is 4. The van der Waals surface area contributed by atoms with E-state index in [4.69, 9.17) is 16.3 Å². The highest BCUT2D eigenvalue weighted by Crippen LogP contribution is 2.28. The van der Waals surface area contributed by atoms with Crippen molar-refractivity contribution < 1.29 is 9.53 Å². The first kappa shape index (κ1) is 22.1. The molecule has 4 aromatic rings. The number of aryl methyl sites for hydroxylation is 1. The molecule has 0 saturated carbocycles. The number of carbonyl (C=O) groups excluding carboxylic acids is 1. The fourth-order valence-electron chi connectivity index (χ4n) is 3.19. The van der Waals surface area contributed by atoms with E-state index in [2.05, 4.69) is 28.9 Å². The van der Waals surface area contributed by atoms with Gasteiger partial charge in [0.05, 0.1) is 5.75 Å². The Bertz CT molecular complexity index is 1350. The van der Waals surface area contributed by atoms with Gasteiger partial charge in [-0.15, -0.1) is 0 Å². The molecule has 32 heavy (non-hydrogen) atoms. The average molecular weight is 469 g/mol. The molecule has 164 valence electrons. The molecule has 2 aromatic carbocycles. The minimum absolute atomic E-state index is 0.0118. The van der Waals surface area contributed by atoms with E-state index in [9.17, 15) is 9.59 Å². The number of ether oxygens (including phenoxy) is 1. The maximum Gasteiger partial charge on any atom is 0.321 e. The minimum atomic E-state index is -0.406. The van der Waals surface area contributed by atoms with Gasteiger partial charge < -0.3 is 4.74 Å². The van der Waals surface area contributed by atoms with Crippen molar-refractivity contribution >= 4 is 35.0 Å². The van der Waals surface area contributed by atoms with Crippen LogP contribution in [-0.2, 0) is 4.79 Å². The molecule has 0 bridgehead atoms. The minimum Gasteiger partial charge on any atom is -0.426 e. The first-order valence-corrected chi connectivity index (χ1v) is 11.4. The molecular formula is C23H21ClN4O3S. The van der Waals surface area contributed by atoms with E-state index >= 15 is 0 Å². The Hall–Kier alpha value is -3.10. The number of halogens is 1. The van der Waals surface area contributed by atoms with Crippen molar-refractivity contribution in [3.8, 4) is 17.1 Å². The van der Waals surface area contributed by atoms with Crippen molar-refractivity contribution in [2.24, 2.45) is 0 Å². The fraction of sp³-hybridized carbons (Fsp3) is 0.217. The van der Waals surface area contributed by atoms with Gasteiger partial charge in [0.25, 0.3) is 5.56 Å². The van der Waals surface area contributed by atoms with E-state index in [0.29, 0.717) is 27.4 Å². The Kier molecular flexibility index (Phi) is 6.34. The molecule has 0 aliphatic carbocycles. The summed E-state index contributed by atoms with van der Waals surface area (Å²) in [6.45, 7) is 6.05. The summed E-state index contributed by atoms with van der Waals surface area (Å²) >= 11 is 7.14. The standard InChI is InChI=1S/C23H21ClN4O3S/c1-13(2)17-9-4-14(3)10-18(17)31-21(30)12-32-23-26-22(15-5-7-16(24)8-6-15)25-19-11-20(29)27-28(19)23/h4-11,13H,12H2,1-3H3,(H,27,29). The van der Waals surface area contributed by atoms with Crippen molar-refractivity contribution in [3.63, 3.8) is 0 Å². The number of esters is 1. The van der Waals surface area contributed by atoms with E-state index < -0.39 is 5.97 Å². The first-order valence-electron chi connectivity index (χ1n) is 10.00. The van der Waals surface area contributed by atoms with Crippen LogP contribution in [0.15, 0.2) is 58.5 Å². The van der Waals surface area contributed by atoms with Crippen LogP contribution >= 0.6 is 23.4 Å². The largest absolute Gasteiger partial charge is 0.426 e. The summed E-state index contributed by atoms with van der Waals surface area (Å²) in [7, 11) is 0. The number of fused-ring (bicyclic) bond motifs is 1. The van der Waals surface area contributed by atoms with Crippen LogP contribution < -0.4 is 10.3 Å². The lowest BCUT2D eigenvalue weighted by Gasteiger charge is -2.13. The summed E-state index contributed by atoms with van der Waals surface area (Å²) in [5.41, 5.74) is 2.83. The molecular weight excluding hydrogens is 448 g/mol. The molecule has 2 aromatic heterocycles. The third kappa shape index (κ3) is 4.87. The average Bonchev–Trinajstić information content (AvgIpc) is 3.12. The Balaban J connectivity index is 1.59. The maximum atomic E-state index is 12.6. The van der Waals surface area contributed by atoms with Crippen molar-refractivity contribution in [2.75, 3.05) is 5.75 Å². The number of nitrogens with one attached hydrogen (secondary N) is 1. The highest BCUT2D eigenvalue weighted by molar-refractivity contribution is 7.99. The van der Waals surface area contributed by atoms with Crippen LogP contribution in [0.2, 0.25) is 5.02 Å². The number of aromatic amines is 1. The SMILES string of the molecule is Cc1ccc(C(C)C)c(OC(=O)CSc2nc(-c3ccc(Cl)cc3)nc3cc(=O)[nH]n23)c1. The molecule has 2 heterocycles. The van der Waals surface area contributed by atoms with Gasteiger partial charge in [-0.3, -0.25) is 14.7 Å². The molecule has 0 unspecified atom stereocenters. The molecule has 0 spiro atoms. The van der Waals surface area contributed by atoms with Crippen molar-refractivity contribution in [1.29, 1.82) is 0 Å². The third-order valence-corrected chi connectivity index (χ3v) is 5.93. The number of H-pyrrole nitrogens is 1. The molecule has 9 heteroatoms. The van der Waals surface area contributed by atoms with E-state index in [1.165, 1.54) is 10.6 Å². The smallest absolute Gasteiger partial charge is 0.321 e. The lowest BCUT2D eigenvalue weighted by atomic mass is 10.0. The predicted molar refractivity (Wildman–Crippen MR) is 126 cm³/mol. The molecule has 0 amide bonds. The normalized spacial score (nSPS) is 11.3. The van der Waals surface area contributed by atoms with Crippen molar-refractivity contribution in [1.82, 2.24) is 19.6 Å². The van der Waals surface area contributed by atoms with Gasteiger partial charge >= 0.3 is 5.97 Å². The van der Waals surface area contributed by atoms with Gasteiger partial charge in [-0.2, -0.15) is 0 Å². The second-order valence-electron chi connectivity index (χ2n) is 7.61. The second kappa shape index (κ2) is 9.18. The van der Waals surface area contributed by atoms with Gasteiger partial charge in [-0.05, 0) is 54.3 Å². The van der Waals surface area contributed by atoms with Gasteiger partial charge in [-0.1, -0.05) is 49.3 Å². The molecule has 0 atom stereocenters. The zero-order valence-corrected chi connectivity index (χ0v) is 19.3. The number of nitrogens with zero attached hydrogens (tertiary/aromatic N) is 3. The van der Waals surface area contributed by atoms with Gasteiger partial charge in [-0.25, -0.2) is 14.5 Å². The molecule has 0 radical (unpaired) electrons. The Morgan fingerprint density at radius 2 is 1.91 bits per heavy atom. The Morgan fingerprint density at radius 3 is 2.62 bits per heavy atom. The number of hydrogen-bond donors (Lipinski definition) is 1.